The fraction of sp³-hybridized carbons (Fsp3) is 0.600. The average molecular weight is 206 g/mol. The maximum absolute atomic E-state index is 4.12. The van der Waals surface area contributed by atoms with Crippen LogP contribution >= 0.6 is 0 Å². The Morgan fingerprint density at radius 2 is 1.67 bits per heavy atom. The molecule has 15 heavy (non-hydrogen) atoms. The van der Waals surface area contributed by atoms with E-state index in [4.69, 9.17) is 0 Å². The third kappa shape index (κ3) is 5.01. The van der Waals surface area contributed by atoms with Gasteiger partial charge in [-0.15, -0.1) is 0 Å². The Bertz CT molecular complexity index is 249. The molecule has 0 aliphatic heterocycles. The Labute approximate surface area is 95.8 Å². The highest BCUT2D eigenvalue weighted by Crippen LogP contribution is 2.39. The lowest BCUT2D eigenvalue weighted by molar-refractivity contribution is 0.793. The summed E-state index contributed by atoms with van der Waals surface area (Å²) >= 11 is 0. The van der Waals surface area contributed by atoms with E-state index in [9.17, 15) is 0 Å². The number of hydrogen-bond acceptors (Lipinski definition) is 0. The van der Waals surface area contributed by atoms with Crippen molar-refractivity contribution in [3.05, 3.63) is 36.0 Å². The monoisotopic (exact) mass is 206 g/mol. The van der Waals surface area contributed by atoms with E-state index in [2.05, 4.69) is 40.0 Å². The molecular weight excluding hydrogens is 180 g/mol. The molecule has 0 aromatic rings. The lowest BCUT2D eigenvalue weighted by atomic mass is 9.98. The lowest BCUT2D eigenvalue weighted by Gasteiger charge is -2.08. The summed E-state index contributed by atoms with van der Waals surface area (Å²) in [5.74, 6) is 1.32. The molecule has 0 atom stereocenters. The molecule has 1 rings (SSSR count). The zero-order valence-electron chi connectivity index (χ0n) is 11.1. The van der Waals surface area contributed by atoms with Gasteiger partial charge in [-0.25, -0.2) is 0 Å². The maximum atomic E-state index is 4.12. The molecule has 0 bridgehead atoms. The van der Waals surface area contributed by atoms with Crippen molar-refractivity contribution in [1.29, 1.82) is 0 Å². The Hall–Kier alpha value is -0.780. The van der Waals surface area contributed by atoms with Gasteiger partial charge in [-0.1, -0.05) is 52.5 Å². The van der Waals surface area contributed by atoms with Gasteiger partial charge in [-0.3, -0.25) is 0 Å². The van der Waals surface area contributed by atoms with Crippen molar-refractivity contribution < 1.29 is 0 Å². The average Bonchev–Trinajstić information content (AvgIpc) is 3.02. The maximum Gasteiger partial charge on any atom is -0.0165 e. The number of allylic oxidation sites excluding steroid dienone is 4. The fourth-order valence-corrected chi connectivity index (χ4v) is 1.29. The molecule has 0 heterocycles. The van der Waals surface area contributed by atoms with E-state index in [1.165, 1.54) is 29.6 Å². The molecule has 0 radical (unpaired) electrons. The van der Waals surface area contributed by atoms with Gasteiger partial charge < -0.3 is 0 Å². The van der Waals surface area contributed by atoms with Gasteiger partial charge in [-0.2, -0.15) is 0 Å². The number of hydrogen-bond donors (Lipinski definition) is 0. The van der Waals surface area contributed by atoms with Crippen molar-refractivity contribution in [2.75, 3.05) is 0 Å². The van der Waals surface area contributed by atoms with Gasteiger partial charge in [-0.05, 0) is 42.7 Å². The largest absolute Gasteiger partial charge is 0.0956 e. The molecule has 0 nitrogen and oxygen atoms in total. The van der Waals surface area contributed by atoms with E-state index >= 15 is 0 Å². The topological polar surface area (TPSA) is 0 Å². The molecule has 0 heteroatoms. The molecule has 0 spiro atoms. The van der Waals surface area contributed by atoms with Crippen LogP contribution in [0.25, 0.3) is 0 Å². The summed E-state index contributed by atoms with van der Waals surface area (Å²) in [5, 5.41) is 0. The van der Waals surface area contributed by atoms with E-state index < -0.39 is 0 Å². The van der Waals surface area contributed by atoms with E-state index in [0.717, 1.165) is 5.92 Å². The molecule has 1 aliphatic carbocycles. The molecule has 0 amide bonds. The molecular formula is C15H26. The first-order chi connectivity index (χ1) is 7.02. The number of rotatable bonds is 4. The van der Waals surface area contributed by atoms with Gasteiger partial charge in [0.05, 0.1) is 0 Å². The van der Waals surface area contributed by atoms with Crippen LogP contribution in [0.2, 0.25) is 0 Å². The Morgan fingerprint density at radius 3 is 2.00 bits per heavy atom. The van der Waals surface area contributed by atoms with Crippen LogP contribution in [0.5, 0.6) is 0 Å². The highest BCUT2D eigenvalue weighted by Gasteiger charge is 2.24. The van der Waals surface area contributed by atoms with Crippen molar-refractivity contribution in [1.82, 2.24) is 0 Å². The quantitative estimate of drug-likeness (QED) is 0.559. The summed E-state index contributed by atoms with van der Waals surface area (Å²) in [6, 6.07) is 0. The SMILES string of the molecule is C=C(/C=C(/C)C(=C)C1CC1)C(C)C.CC. The zero-order chi connectivity index (χ0) is 12.0. The van der Waals surface area contributed by atoms with Gasteiger partial charge in [0.15, 0.2) is 0 Å². The predicted molar refractivity (Wildman–Crippen MR) is 70.9 cm³/mol. The van der Waals surface area contributed by atoms with Crippen LogP contribution in [0.3, 0.4) is 0 Å². The van der Waals surface area contributed by atoms with Crippen molar-refractivity contribution in [3.8, 4) is 0 Å². The molecule has 1 aliphatic rings. The van der Waals surface area contributed by atoms with Crippen LogP contribution in [0.4, 0.5) is 0 Å². The minimum atomic E-state index is 0.543. The van der Waals surface area contributed by atoms with E-state index in [-0.39, 0.29) is 0 Å². The van der Waals surface area contributed by atoms with E-state index in [1.807, 2.05) is 13.8 Å². The third-order valence-electron chi connectivity index (χ3n) is 2.72. The summed E-state index contributed by atoms with van der Waals surface area (Å²) in [5.41, 5.74) is 3.85. The first-order valence-electron chi connectivity index (χ1n) is 6.08. The van der Waals surface area contributed by atoms with Crippen LogP contribution < -0.4 is 0 Å². The highest BCUT2D eigenvalue weighted by molar-refractivity contribution is 5.36. The molecule has 0 aromatic heterocycles. The molecule has 86 valence electrons. The second kappa shape index (κ2) is 6.66. The Kier molecular flexibility index (Phi) is 6.31. The first-order valence-corrected chi connectivity index (χ1v) is 6.08. The smallest absolute Gasteiger partial charge is 0.0165 e. The predicted octanol–water partition coefficient (Wildman–Crippen LogP) is 5.14. The summed E-state index contributed by atoms with van der Waals surface area (Å²) in [6.07, 6.45) is 4.85. The van der Waals surface area contributed by atoms with Crippen LogP contribution in [0, 0.1) is 11.8 Å². The van der Waals surface area contributed by atoms with Crippen molar-refractivity contribution in [3.63, 3.8) is 0 Å². The summed E-state index contributed by atoms with van der Waals surface area (Å²) in [7, 11) is 0. The fourth-order valence-electron chi connectivity index (χ4n) is 1.29. The van der Waals surface area contributed by atoms with Crippen LogP contribution in [-0.2, 0) is 0 Å². The molecule has 0 N–H and O–H groups in total. The van der Waals surface area contributed by atoms with Gasteiger partial charge in [0.25, 0.3) is 0 Å². The minimum absolute atomic E-state index is 0.543. The Morgan fingerprint density at radius 1 is 1.20 bits per heavy atom. The molecule has 0 unspecified atom stereocenters. The van der Waals surface area contributed by atoms with Crippen molar-refractivity contribution in [2.24, 2.45) is 11.8 Å². The molecule has 1 saturated carbocycles. The lowest BCUT2D eigenvalue weighted by Crippen LogP contribution is -1.92. The van der Waals surface area contributed by atoms with Crippen LogP contribution in [-0.4, -0.2) is 0 Å². The van der Waals surface area contributed by atoms with Gasteiger partial charge in [0, 0.05) is 0 Å². The highest BCUT2D eigenvalue weighted by atomic mass is 14.3. The zero-order valence-corrected chi connectivity index (χ0v) is 11.1. The third-order valence-corrected chi connectivity index (χ3v) is 2.72. The molecule has 0 saturated heterocycles. The summed E-state index contributed by atoms with van der Waals surface area (Å²) in [6.45, 7) is 18.7. The van der Waals surface area contributed by atoms with Crippen molar-refractivity contribution >= 4 is 0 Å². The standard InChI is InChI=1S/C13H20.C2H6/c1-9(2)10(3)8-11(4)12(5)13-6-7-13;1-2/h8-9,13H,3,5-7H2,1-2,4H3;1-2H3/b11-8-;. The second-order valence-corrected chi connectivity index (χ2v) is 4.36. The first kappa shape index (κ1) is 14.2. The normalized spacial score (nSPS) is 15.7. The van der Waals surface area contributed by atoms with E-state index in [1.54, 1.807) is 0 Å². The molecule has 1 fully saturated rings. The van der Waals surface area contributed by atoms with Crippen LogP contribution in [0.15, 0.2) is 36.0 Å². The van der Waals surface area contributed by atoms with Crippen molar-refractivity contribution in [2.45, 2.75) is 47.5 Å². The van der Waals surface area contributed by atoms with Crippen LogP contribution in [0.1, 0.15) is 47.5 Å². The van der Waals surface area contributed by atoms with Gasteiger partial charge in [0.2, 0.25) is 0 Å². The van der Waals surface area contributed by atoms with Gasteiger partial charge in [0.1, 0.15) is 0 Å². The van der Waals surface area contributed by atoms with E-state index in [0.29, 0.717) is 5.92 Å². The Balaban J connectivity index is 0.000000921. The van der Waals surface area contributed by atoms with Gasteiger partial charge >= 0.3 is 0 Å². The summed E-state index contributed by atoms with van der Waals surface area (Å²) in [4.78, 5) is 0. The minimum Gasteiger partial charge on any atom is -0.0956 e. The summed E-state index contributed by atoms with van der Waals surface area (Å²) < 4.78 is 0. The molecule has 0 aromatic carbocycles. The second-order valence-electron chi connectivity index (χ2n) is 4.36.